The van der Waals surface area contributed by atoms with Crippen molar-refractivity contribution in [3.8, 4) is 0 Å². The van der Waals surface area contributed by atoms with Gasteiger partial charge in [-0.25, -0.2) is 0 Å². The molecule has 2 heteroatoms. The number of allylic oxidation sites excluding steroid dienone is 1. The lowest BCUT2D eigenvalue weighted by atomic mass is 10.0. The second kappa shape index (κ2) is 16.0. The van der Waals surface area contributed by atoms with Crippen molar-refractivity contribution >= 4 is 0 Å². The van der Waals surface area contributed by atoms with E-state index in [1.807, 2.05) is 13.0 Å². The van der Waals surface area contributed by atoms with E-state index in [0.29, 0.717) is 0 Å². The van der Waals surface area contributed by atoms with Crippen molar-refractivity contribution < 1.29 is 10.2 Å². The van der Waals surface area contributed by atoms with Crippen molar-refractivity contribution in [3.63, 3.8) is 0 Å². The summed E-state index contributed by atoms with van der Waals surface area (Å²) in [5.74, 6) is -0.0569. The molecule has 0 bridgehead atoms. The summed E-state index contributed by atoms with van der Waals surface area (Å²) >= 11 is 0. The van der Waals surface area contributed by atoms with Crippen LogP contribution < -0.4 is 0 Å². The van der Waals surface area contributed by atoms with Gasteiger partial charge in [-0.05, 0) is 12.8 Å². The first-order valence-corrected chi connectivity index (χ1v) is 9.18. The molecule has 2 atom stereocenters. The molecule has 0 aliphatic carbocycles. The molecule has 0 spiro atoms. The standard InChI is InChI=1S/C19H38O2/c1-3-4-5-6-7-8-9-10-11-12-13-14-15-16-19(21)18(2)17-20/h15-16,18-21H,3-14,17H2,1-2H3/b16-15+/t18-,19?/m0/s1. The maximum Gasteiger partial charge on any atom is 0.0768 e. The Morgan fingerprint density at radius 2 is 1.29 bits per heavy atom. The summed E-state index contributed by atoms with van der Waals surface area (Å²) in [5.41, 5.74) is 0. The van der Waals surface area contributed by atoms with Gasteiger partial charge in [0.05, 0.1) is 6.10 Å². The highest BCUT2D eigenvalue weighted by molar-refractivity contribution is 4.90. The number of aliphatic hydroxyl groups is 2. The average Bonchev–Trinajstić information content (AvgIpc) is 2.50. The Morgan fingerprint density at radius 3 is 1.76 bits per heavy atom. The third kappa shape index (κ3) is 14.4. The molecular formula is C19H38O2. The number of aliphatic hydroxyl groups excluding tert-OH is 2. The Labute approximate surface area is 132 Å². The molecule has 0 aliphatic rings. The van der Waals surface area contributed by atoms with Crippen molar-refractivity contribution in [2.45, 2.75) is 97.0 Å². The molecule has 2 nitrogen and oxygen atoms in total. The van der Waals surface area contributed by atoms with Gasteiger partial charge in [-0.3, -0.25) is 0 Å². The smallest absolute Gasteiger partial charge is 0.0768 e. The van der Waals surface area contributed by atoms with E-state index >= 15 is 0 Å². The molecule has 0 saturated carbocycles. The highest BCUT2D eigenvalue weighted by Gasteiger charge is 2.08. The van der Waals surface area contributed by atoms with Crippen LogP contribution in [0.5, 0.6) is 0 Å². The molecule has 0 aromatic carbocycles. The fourth-order valence-electron chi connectivity index (χ4n) is 2.46. The zero-order valence-electron chi connectivity index (χ0n) is 14.4. The maximum absolute atomic E-state index is 9.65. The summed E-state index contributed by atoms with van der Waals surface area (Å²) in [5, 5.41) is 18.6. The zero-order chi connectivity index (χ0) is 15.8. The average molecular weight is 299 g/mol. The fraction of sp³-hybridized carbons (Fsp3) is 0.895. The molecule has 0 radical (unpaired) electrons. The highest BCUT2D eigenvalue weighted by atomic mass is 16.3. The van der Waals surface area contributed by atoms with Gasteiger partial charge in [0.1, 0.15) is 0 Å². The Bertz CT molecular complexity index is 226. The molecule has 1 unspecified atom stereocenters. The van der Waals surface area contributed by atoms with E-state index in [4.69, 9.17) is 5.11 Å². The van der Waals surface area contributed by atoms with Gasteiger partial charge in [0.25, 0.3) is 0 Å². The Balaban J connectivity index is 3.20. The van der Waals surface area contributed by atoms with Crippen LogP contribution in [0.4, 0.5) is 0 Å². The fourth-order valence-corrected chi connectivity index (χ4v) is 2.46. The summed E-state index contributed by atoms with van der Waals surface area (Å²) in [6.45, 7) is 4.17. The van der Waals surface area contributed by atoms with Crippen LogP contribution in [0.2, 0.25) is 0 Å². The second-order valence-electron chi connectivity index (χ2n) is 6.40. The predicted octanol–water partition coefficient (Wildman–Crippen LogP) is 5.23. The van der Waals surface area contributed by atoms with Gasteiger partial charge in [0.15, 0.2) is 0 Å². The largest absolute Gasteiger partial charge is 0.396 e. The SMILES string of the molecule is CCCCCCCCCCCCC/C=C/C(O)[C@@H](C)CO. The molecule has 126 valence electrons. The summed E-state index contributed by atoms with van der Waals surface area (Å²) in [6.07, 6.45) is 19.5. The summed E-state index contributed by atoms with van der Waals surface area (Å²) in [4.78, 5) is 0. The molecule has 0 heterocycles. The normalized spacial score (nSPS) is 14.7. The minimum Gasteiger partial charge on any atom is -0.396 e. The van der Waals surface area contributed by atoms with Crippen LogP contribution in [0.25, 0.3) is 0 Å². The number of hydrogen-bond donors (Lipinski definition) is 2. The van der Waals surface area contributed by atoms with Crippen LogP contribution >= 0.6 is 0 Å². The van der Waals surface area contributed by atoms with Crippen molar-refractivity contribution in [2.24, 2.45) is 5.92 Å². The van der Waals surface area contributed by atoms with Crippen LogP contribution in [0.15, 0.2) is 12.2 Å². The Morgan fingerprint density at radius 1 is 0.810 bits per heavy atom. The van der Waals surface area contributed by atoms with Gasteiger partial charge in [0, 0.05) is 12.5 Å². The lowest BCUT2D eigenvalue weighted by Crippen LogP contribution is -2.17. The lowest BCUT2D eigenvalue weighted by molar-refractivity contribution is 0.111. The first kappa shape index (κ1) is 20.7. The minimum atomic E-state index is -0.497. The van der Waals surface area contributed by atoms with Gasteiger partial charge in [-0.2, -0.15) is 0 Å². The molecule has 0 saturated heterocycles. The van der Waals surface area contributed by atoms with Crippen molar-refractivity contribution in [3.05, 3.63) is 12.2 Å². The van der Waals surface area contributed by atoms with Crippen molar-refractivity contribution in [2.75, 3.05) is 6.61 Å². The highest BCUT2D eigenvalue weighted by Crippen LogP contribution is 2.12. The molecule has 0 rings (SSSR count). The quantitative estimate of drug-likeness (QED) is 0.321. The van der Waals surface area contributed by atoms with Crippen LogP contribution in [-0.4, -0.2) is 22.9 Å². The van der Waals surface area contributed by atoms with Crippen molar-refractivity contribution in [1.82, 2.24) is 0 Å². The molecule has 21 heavy (non-hydrogen) atoms. The van der Waals surface area contributed by atoms with Crippen LogP contribution in [0.1, 0.15) is 90.9 Å². The number of unbranched alkanes of at least 4 members (excludes halogenated alkanes) is 11. The Kier molecular flexibility index (Phi) is 15.8. The lowest BCUT2D eigenvalue weighted by Gasteiger charge is -2.11. The summed E-state index contributed by atoms with van der Waals surface area (Å²) in [6, 6.07) is 0. The third-order valence-corrected chi connectivity index (χ3v) is 4.18. The molecule has 0 aromatic rings. The molecule has 0 amide bonds. The molecule has 2 N–H and O–H groups in total. The van der Waals surface area contributed by atoms with Crippen molar-refractivity contribution in [1.29, 1.82) is 0 Å². The monoisotopic (exact) mass is 298 g/mol. The van der Waals surface area contributed by atoms with E-state index in [-0.39, 0.29) is 12.5 Å². The van der Waals surface area contributed by atoms with Crippen LogP contribution in [-0.2, 0) is 0 Å². The number of rotatable bonds is 15. The van der Waals surface area contributed by atoms with Gasteiger partial charge >= 0.3 is 0 Å². The topological polar surface area (TPSA) is 40.5 Å². The Hall–Kier alpha value is -0.340. The van der Waals surface area contributed by atoms with E-state index in [9.17, 15) is 5.11 Å². The maximum atomic E-state index is 9.65. The number of hydrogen-bond acceptors (Lipinski definition) is 2. The zero-order valence-corrected chi connectivity index (χ0v) is 14.4. The second-order valence-corrected chi connectivity index (χ2v) is 6.40. The predicted molar refractivity (Wildman–Crippen MR) is 92.5 cm³/mol. The van der Waals surface area contributed by atoms with E-state index in [1.54, 1.807) is 0 Å². The van der Waals surface area contributed by atoms with Gasteiger partial charge in [-0.15, -0.1) is 0 Å². The molecular weight excluding hydrogens is 260 g/mol. The molecule has 0 aromatic heterocycles. The third-order valence-electron chi connectivity index (χ3n) is 4.18. The van der Waals surface area contributed by atoms with Gasteiger partial charge in [-0.1, -0.05) is 90.2 Å². The summed E-state index contributed by atoms with van der Waals surface area (Å²) in [7, 11) is 0. The first-order valence-electron chi connectivity index (χ1n) is 9.18. The van der Waals surface area contributed by atoms with E-state index in [0.717, 1.165) is 6.42 Å². The van der Waals surface area contributed by atoms with E-state index in [1.165, 1.54) is 70.6 Å². The first-order chi connectivity index (χ1) is 10.2. The molecule has 0 fully saturated rings. The van der Waals surface area contributed by atoms with E-state index < -0.39 is 6.10 Å². The molecule has 0 aliphatic heterocycles. The van der Waals surface area contributed by atoms with Crippen LogP contribution in [0, 0.1) is 5.92 Å². The minimum absolute atomic E-state index is 0.0456. The van der Waals surface area contributed by atoms with Crippen LogP contribution in [0.3, 0.4) is 0 Å². The van der Waals surface area contributed by atoms with Gasteiger partial charge < -0.3 is 10.2 Å². The summed E-state index contributed by atoms with van der Waals surface area (Å²) < 4.78 is 0. The van der Waals surface area contributed by atoms with E-state index in [2.05, 4.69) is 13.0 Å². The van der Waals surface area contributed by atoms with Gasteiger partial charge in [0.2, 0.25) is 0 Å².